The van der Waals surface area contributed by atoms with Crippen molar-refractivity contribution in [1.82, 2.24) is 34.6 Å². The third-order valence-corrected chi connectivity index (χ3v) is 2.60. The summed E-state index contributed by atoms with van der Waals surface area (Å²) in [5, 5.41) is 19.0. The zero-order valence-electron chi connectivity index (χ0n) is 9.85. The van der Waals surface area contributed by atoms with Crippen molar-refractivity contribution in [1.29, 1.82) is 0 Å². The third kappa shape index (κ3) is 1.88. The monoisotopic (exact) mass is 244 g/mol. The van der Waals surface area contributed by atoms with Crippen molar-refractivity contribution >= 4 is 11.5 Å². The van der Waals surface area contributed by atoms with E-state index in [0.29, 0.717) is 6.54 Å². The maximum Gasteiger partial charge on any atom is 0.203 e. The molecule has 0 saturated heterocycles. The minimum Gasteiger partial charge on any atom is -0.365 e. The Labute approximate surface area is 103 Å². The molecular formula is C10H12N8. The molecule has 8 heteroatoms. The summed E-state index contributed by atoms with van der Waals surface area (Å²) in [6, 6.07) is 0. The number of hydrogen-bond donors (Lipinski definition) is 1. The topological polar surface area (TPSA) is 85.8 Å². The summed E-state index contributed by atoms with van der Waals surface area (Å²) in [7, 11) is 0. The number of fused-ring (bicyclic) bond motifs is 1. The molecule has 3 heterocycles. The van der Waals surface area contributed by atoms with Gasteiger partial charge < -0.3 is 5.32 Å². The van der Waals surface area contributed by atoms with Crippen molar-refractivity contribution in [2.24, 2.45) is 0 Å². The van der Waals surface area contributed by atoms with Crippen LogP contribution in [0, 0.1) is 6.92 Å². The molecule has 0 aromatic carbocycles. The molecule has 8 nitrogen and oxygen atoms in total. The SMILES string of the molecule is Cc1nnc2c(NCCn3ccnn3)nccn12. The van der Waals surface area contributed by atoms with Crippen LogP contribution in [-0.4, -0.2) is 41.1 Å². The van der Waals surface area contributed by atoms with Crippen LogP contribution >= 0.6 is 0 Å². The normalized spacial score (nSPS) is 10.9. The van der Waals surface area contributed by atoms with Crippen molar-refractivity contribution in [2.75, 3.05) is 11.9 Å². The second-order valence-corrected chi connectivity index (χ2v) is 3.81. The molecule has 0 atom stereocenters. The Kier molecular flexibility index (Phi) is 2.60. The summed E-state index contributed by atoms with van der Waals surface area (Å²) in [6.45, 7) is 3.32. The van der Waals surface area contributed by atoms with Crippen LogP contribution in [0.25, 0.3) is 5.65 Å². The second kappa shape index (κ2) is 4.40. The number of aryl methyl sites for hydroxylation is 1. The fourth-order valence-electron chi connectivity index (χ4n) is 1.71. The first-order chi connectivity index (χ1) is 8.84. The molecule has 0 radical (unpaired) electrons. The van der Waals surface area contributed by atoms with E-state index < -0.39 is 0 Å². The molecule has 1 N–H and O–H groups in total. The number of nitrogens with one attached hydrogen (secondary N) is 1. The van der Waals surface area contributed by atoms with Crippen molar-refractivity contribution in [3.63, 3.8) is 0 Å². The number of aromatic nitrogens is 7. The van der Waals surface area contributed by atoms with Crippen molar-refractivity contribution in [3.05, 3.63) is 30.6 Å². The molecule has 3 aromatic rings. The molecule has 18 heavy (non-hydrogen) atoms. The Morgan fingerprint density at radius 3 is 3.00 bits per heavy atom. The lowest BCUT2D eigenvalue weighted by Crippen LogP contribution is -2.12. The van der Waals surface area contributed by atoms with Crippen LogP contribution in [0.2, 0.25) is 0 Å². The largest absolute Gasteiger partial charge is 0.365 e. The quantitative estimate of drug-likeness (QED) is 0.702. The molecule has 0 unspecified atom stereocenters. The molecular weight excluding hydrogens is 232 g/mol. The predicted octanol–water partition coefficient (Wildman–Crippen LogP) is 0.136. The van der Waals surface area contributed by atoms with Gasteiger partial charge in [-0.25, -0.2) is 4.98 Å². The summed E-state index contributed by atoms with van der Waals surface area (Å²) in [6.07, 6.45) is 7.03. The average molecular weight is 244 g/mol. The first kappa shape index (κ1) is 10.6. The number of anilines is 1. The predicted molar refractivity (Wildman–Crippen MR) is 64.0 cm³/mol. The number of nitrogens with zero attached hydrogens (tertiary/aromatic N) is 7. The lowest BCUT2D eigenvalue weighted by atomic mass is 10.5. The van der Waals surface area contributed by atoms with Gasteiger partial charge in [0.1, 0.15) is 5.82 Å². The molecule has 0 aliphatic heterocycles. The van der Waals surface area contributed by atoms with Gasteiger partial charge in [-0.05, 0) is 6.92 Å². The van der Waals surface area contributed by atoms with E-state index in [9.17, 15) is 0 Å². The highest BCUT2D eigenvalue weighted by atomic mass is 15.4. The highest BCUT2D eigenvalue weighted by Crippen LogP contribution is 2.11. The molecule has 0 bridgehead atoms. The molecule has 0 saturated carbocycles. The first-order valence-corrected chi connectivity index (χ1v) is 5.59. The van der Waals surface area contributed by atoms with Crippen LogP contribution in [0.1, 0.15) is 5.82 Å². The van der Waals surface area contributed by atoms with Crippen molar-refractivity contribution in [2.45, 2.75) is 13.5 Å². The summed E-state index contributed by atoms with van der Waals surface area (Å²) < 4.78 is 3.65. The highest BCUT2D eigenvalue weighted by molar-refractivity contribution is 5.61. The van der Waals surface area contributed by atoms with Gasteiger partial charge in [0.15, 0.2) is 5.82 Å². The molecule has 3 rings (SSSR count). The summed E-state index contributed by atoms with van der Waals surface area (Å²) in [4.78, 5) is 4.26. The standard InChI is InChI=1S/C10H12N8/c1-8-14-15-10-9(12-3-7-18(8)10)11-2-5-17-6-4-13-16-17/h3-4,6-7H,2,5H2,1H3,(H,11,12). The summed E-state index contributed by atoms with van der Waals surface area (Å²) >= 11 is 0. The van der Waals surface area contributed by atoms with Gasteiger partial charge in [-0.15, -0.1) is 15.3 Å². The van der Waals surface area contributed by atoms with Crippen LogP contribution in [0.15, 0.2) is 24.8 Å². The fraction of sp³-hybridized carbons (Fsp3) is 0.300. The van der Waals surface area contributed by atoms with Gasteiger partial charge in [-0.1, -0.05) is 5.21 Å². The van der Waals surface area contributed by atoms with E-state index in [0.717, 1.165) is 23.8 Å². The molecule has 0 aliphatic carbocycles. The van der Waals surface area contributed by atoms with E-state index in [-0.39, 0.29) is 0 Å². The second-order valence-electron chi connectivity index (χ2n) is 3.81. The van der Waals surface area contributed by atoms with E-state index in [1.54, 1.807) is 17.1 Å². The zero-order chi connectivity index (χ0) is 12.4. The smallest absolute Gasteiger partial charge is 0.203 e. The Hall–Kier alpha value is -2.51. The third-order valence-electron chi connectivity index (χ3n) is 2.60. The number of rotatable bonds is 4. The fourth-order valence-corrected chi connectivity index (χ4v) is 1.71. The molecule has 92 valence electrons. The van der Waals surface area contributed by atoms with Gasteiger partial charge >= 0.3 is 0 Å². The van der Waals surface area contributed by atoms with Gasteiger partial charge in [0.2, 0.25) is 5.65 Å². The van der Waals surface area contributed by atoms with Gasteiger partial charge in [0.25, 0.3) is 0 Å². The maximum absolute atomic E-state index is 4.26. The van der Waals surface area contributed by atoms with E-state index in [2.05, 4.69) is 30.8 Å². The van der Waals surface area contributed by atoms with Crippen LogP contribution < -0.4 is 5.32 Å². The highest BCUT2D eigenvalue weighted by Gasteiger charge is 2.06. The lowest BCUT2D eigenvalue weighted by Gasteiger charge is -2.05. The van der Waals surface area contributed by atoms with Gasteiger partial charge in [0.05, 0.1) is 12.7 Å². The Morgan fingerprint density at radius 2 is 2.17 bits per heavy atom. The molecule has 0 spiro atoms. The van der Waals surface area contributed by atoms with Crippen LogP contribution in [0.3, 0.4) is 0 Å². The van der Waals surface area contributed by atoms with E-state index in [1.807, 2.05) is 23.7 Å². The summed E-state index contributed by atoms with van der Waals surface area (Å²) in [5.41, 5.74) is 0.730. The van der Waals surface area contributed by atoms with E-state index in [1.165, 1.54) is 0 Å². The minimum absolute atomic E-state index is 0.696. The molecule has 0 amide bonds. The molecule has 0 fully saturated rings. The zero-order valence-corrected chi connectivity index (χ0v) is 9.85. The number of hydrogen-bond acceptors (Lipinski definition) is 6. The van der Waals surface area contributed by atoms with Gasteiger partial charge in [-0.2, -0.15) is 0 Å². The van der Waals surface area contributed by atoms with Gasteiger partial charge in [0, 0.05) is 25.1 Å². The van der Waals surface area contributed by atoms with E-state index >= 15 is 0 Å². The minimum atomic E-state index is 0.696. The van der Waals surface area contributed by atoms with Crippen LogP contribution in [-0.2, 0) is 6.54 Å². The maximum atomic E-state index is 4.26. The van der Waals surface area contributed by atoms with Crippen molar-refractivity contribution < 1.29 is 0 Å². The Balaban J connectivity index is 1.74. The van der Waals surface area contributed by atoms with Crippen molar-refractivity contribution in [3.8, 4) is 0 Å². The summed E-state index contributed by atoms with van der Waals surface area (Å²) in [5.74, 6) is 1.56. The van der Waals surface area contributed by atoms with E-state index in [4.69, 9.17) is 0 Å². The molecule has 0 aliphatic rings. The van der Waals surface area contributed by atoms with Crippen LogP contribution in [0.5, 0.6) is 0 Å². The lowest BCUT2D eigenvalue weighted by molar-refractivity contribution is 0.608. The average Bonchev–Trinajstić information content (AvgIpc) is 3.01. The Bertz CT molecular complexity index is 641. The molecule has 3 aromatic heterocycles. The Morgan fingerprint density at radius 1 is 1.22 bits per heavy atom. The van der Waals surface area contributed by atoms with Gasteiger partial charge in [-0.3, -0.25) is 9.08 Å². The first-order valence-electron chi connectivity index (χ1n) is 5.59. The van der Waals surface area contributed by atoms with Crippen LogP contribution in [0.4, 0.5) is 5.82 Å².